The van der Waals surface area contributed by atoms with Gasteiger partial charge in [0.25, 0.3) is 0 Å². The largest absolute Gasteiger partial charge is 0.481 e. The van der Waals surface area contributed by atoms with Crippen molar-refractivity contribution in [1.29, 1.82) is 0 Å². The number of carboxylic acids is 1. The highest BCUT2D eigenvalue weighted by molar-refractivity contribution is 7.99. The molecule has 1 saturated heterocycles. The van der Waals surface area contributed by atoms with Crippen LogP contribution in [-0.2, 0) is 4.79 Å². The van der Waals surface area contributed by atoms with Gasteiger partial charge in [0.15, 0.2) is 0 Å². The van der Waals surface area contributed by atoms with Crippen LogP contribution in [0, 0.1) is 5.41 Å². The van der Waals surface area contributed by atoms with Crippen LogP contribution in [0.3, 0.4) is 0 Å². The summed E-state index contributed by atoms with van der Waals surface area (Å²) in [6, 6.07) is 0. The van der Waals surface area contributed by atoms with Crippen LogP contribution < -0.4 is 5.73 Å². The van der Waals surface area contributed by atoms with Crippen LogP contribution in [0.5, 0.6) is 0 Å². The first-order valence-electron chi connectivity index (χ1n) is 4.18. The predicted octanol–water partition coefficient (Wildman–Crippen LogP) is 1.36. The highest BCUT2D eigenvalue weighted by Crippen LogP contribution is 2.36. The zero-order valence-electron chi connectivity index (χ0n) is 7.49. The predicted molar refractivity (Wildman–Crippen MR) is 57.5 cm³/mol. The van der Waals surface area contributed by atoms with Crippen molar-refractivity contribution in [2.24, 2.45) is 11.1 Å². The molecule has 1 fully saturated rings. The number of hydrogen-bond donors (Lipinski definition) is 2. The Labute approximate surface area is 88.9 Å². The molecule has 1 aliphatic rings. The Morgan fingerprint density at radius 2 is 2.00 bits per heavy atom. The van der Waals surface area contributed by atoms with Gasteiger partial charge in [-0.25, -0.2) is 0 Å². The van der Waals surface area contributed by atoms with E-state index in [1.54, 1.807) is 0 Å². The number of carboxylic acid groups (broad SMARTS) is 1. The molecule has 0 amide bonds. The van der Waals surface area contributed by atoms with E-state index < -0.39 is 5.97 Å². The average Bonchev–Trinajstić information content (AvgIpc) is 2.05. The highest BCUT2D eigenvalue weighted by atomic mass is 35.5. The van der Waals surface area contributed by atoms with E-state index in [0.29, 0.717) is 6.54 Å². The monoisotopic (exact) mass is 225 g/mol. The topological polar surface area (TPSA) is 63.3 Å². The Kier molecular flexibility index (Phi) is 5.76. The van der Waals surface area contributed by atoms with Crippen molar-refractivity contribution in [1.82, 2.24) is 0 Å². The number of rotatable bonds is 3. The fourth-order valence-corrected chi connectivity index (χ4v) is 2.94. The molecule has 0 saturated carbocycles. The van der Waals surface area contributed by atoms with Crippen molar-refractivity contribution in [2.45, 2.75) is 19.3 Å². The van der Waals surface area contributed by atoms with Gasteiger partial charge >= 0.3 is 5.97 Å². The minimum absolute atomic E-state index is 0. The maximum Gasteiger partial charge on any atom is 0.303 e. The quantitative estimate of drug-likeness (QED) is 0.761. The lowest BCUT2D eigenvalue weighted by Gasteiger charge is -2.34. The molecule has 0 bridgehead atoms. The molecule has 0 spiro atoms. The standard InChI is InChI=1S/C8H15NO2S.ClH/c9-6-8(5-7(10)11)1-3-12-4-2-8;/h1-6,9H2,(H,10,11);1H. The van der Waals surface area contributed by atoms with Crippen LogP contribution in [0.1, 0.15) is 19.3 Å². The highest BCUT2D eigenvalue weighted by Gasteiger charge is 2.33. The van der Waals surface area contributed by atoms with E-state index in [0.717, 1.165) is 24.3 Å². The maximum absolute atomic E-state index is 10.6. The zero-order valence-corrected chi connectivity index (χ0v) is 9.12. The fourth-order valence-electron chi connectivity index (χ4n) is 1.58. The normalized spacial score (nSPS) is 20.4. The summed E-state index contributed by atoms with van der Waals surface area (Å²) in [5.41, 5.74) is 5.51. The third-order valence-electron chi connectivity index (χ3n) is 2.51. The summed E-state index contributed by atoms with van der Waals surface area (Å²) in [5.74, 6) is 1.40. The summed E-state index contributed by atoms with van der Waals surface area (Å²) in [7, 11) is 0. The Morgan fingerprint density at radius 3 is 2.38 bits per heavy atom. The Hall–Kier alpha value is 0.0700. The van der Waals surface area contributed by atoms with Gasteiger partial charge < -0.3 is 10.8 Å². The molecule has 13 heavy (non-hydrogen) atoms. The molecule has 0 aromatic rings. The van der Waals surface area contributed by atoms with Crippen molar-refractivity contribution in [2.75, 3.05) is 18.1 Å². The Balaban J connectivity index is 0.00000144. The third-order valence-corrected chi connectivity index (χ3v) is 3.50. The number of carbonyl (C=O) groups is 1. The van der Waals surface area contributed by atoms with Gasteiger partial charge in [0.05, 0.1) is 6.42 Å². The molecule has 0 aromatic heterocycles. The van der Waals surface area contributed by atoms with Gasteiger partial charge in [-0.15, -0.1) is 12.4 Å². The van der Waals surface area contributed by atoms with Crippen LogP contribution in [-0.4, -0.2) is 29.1 Å². The molecule has 0 radical (unpaired) electrons. The number of hydrogen-bond acceptors (Lipinski definition) is 3. The van der Waals surface area contributed by atoms with E-state index in [1.165, 1.54) is 0 Å². The average molecular weight is 226 g/mol. The maximum atomic E-state index is 10.6. The SMILES string of the molecule is Cl.NCC1(CC(=O)O)CCSCC1. The van der Waals surface area contributed by atoms with Gasteiger partial charge in [-0.2, -0.15) is 11.8 Å². The number of nitrogens with two attached hydrogens (primary N) is 1. The molecular formula is C8H16ClNO2S. The van der Waals surface area contributed by atoms with E-state index >= 15 is 0 Å². The first-order valence-corrected chi connectivity index (χ1v) is 5.34. The van der Waals surface area contributed by atoms with Crippen LogP contribution >= 0.6 is 24.2 Å². The van der Waals surface area contributed by atoms with Gasteiger partial charge in [-0.05, 0) is 36.3 Å². The van der Waals surface area contributed by atoms with Crippen LogP contribution in [0.15, 0.2) is 0 Å². The summed E-state index contributed by atoms with van der Waals surface area (Å²) in [6.07, 6.45) is 2.16. The molecular weight excluding hydrogens is 210 g/mol. The van der Waals surface area contributed by atoms with Crippen molar-refractivity contribution in [3.05, 3.63) is 0 Å². The first-order chi connectivity index (χ1) is 5.68. The van der Waals surface area contributed by atoms with Gasteiger partial charge in [0.1, 0.15) is 0 Å². The second-order valence-electron chi connectivity index (χ2n) is 3.39. The molecule has 0 atom stereocenters. The smallest absolute Gasteiger partial charge is 0.303 e. The van der Waals surface area contributed by atoms with Gasteiger partial charge in [-0.1, -0.05) is 0 Å². The molecule has 3 N–H and O–H groups in total. The Morgan fingerprint density at radius 1 is 1.46 bits per heavy atom. The second kappa shape index (κ2) is 5.73. The van der Waals surface area contributed by atoms with E-state index in [-0.39, 0.29) is 24.2 Å². The van der Waals surface area contributed by atoms with Crippen molar-refractivity contribution in [3.63, 3.8) is 0 Å². The van der Waals surface area contributed by atoms with Gasteiger partial charge in [0, 0.05) is 0 Å². The number of halogens is 1. The molecule has 0 aliphatic carbocycles. The van der Waals surface area contributed by atoms with Crippen LogP contribution in [0.2, 0.25) is 0 Å². The molecule has 0 unspecified atom stereocenters. The zero-order chi connectivity index (χ0) is 9.03. The molecule has 1 aliphatic heterocycles. The number of thioether (sulfide) groups is 1. The molecule has 0 aromatic carbocycles. The lowest BCUT2D eigenvalue weighted by atomic mass is 9.79. The molecule has 3 nitrogen and oxygen atoms in total. The van der Waals surface area contributed by atoms with E-state index in [1.807, 2.05) is 11.8 Å². The lowest BCUT2D eigenvalue weighted by Crippen LogP contribution is -2.36. The molecule has 5 heteroatoms. The minimum Gasteiger partial charge on any atom is -0.481 e. The van der Waals surface area contributed by atoms with Crippen molar-refractivity contribution in [3.8, 4) is 0 Å². The van der Waals surface area contributed by atoms with Gasteiger partial charge in [0.2, 0.25) is 0 Å². The molecule has 1 heterocycles. The summed E-state index contributed by atoms with van der Waals surface area (Å²) < 4.78 is 0. The van der Waals surface area contributed by atoms with Crippen molar-refractivity contribution >= 4 is 30.1 Å². The summed E-state index contributed by atoms with van der Waals surface area (Å²) in [6.45, 7) is 0.514. The summed E-state index contributed by atoms with van der Waals surface area (Å²) in [5, 5.41) is 8.70. The first kappa shape index (κ1) is 13.1. The lowest BCUT2D eigenvalue weighted by molar-refractivity contribution is -0.139. The van der Waals surface area contributed by atoms with E-state index in [2.05, 4.69) is 0 Å². The van der Waals surface area contributed by atoms with Crippen LogP contribution in [0.25, 0.3) is 0 Å². The minimum atomic E-state index is -0.715. The summed E-state index contributed by atoms with van der Waals surface area (Å²) in [4.78, 5) is 10.6. The fraction of sp³-hybridized carbons (Fsp3) is 0.875. The van der Waals surface area contributed by atoms with Crippen LogP contribution in [0.4, 0.5) is 0 Å². The Bertz CT molecular complexity index is 172. The molecule has 78 valence electrons. The summed E-state index contributed by atoms with van der Waals surface area (Å²) >= 11 is 1.89. The molecule has 1 rings (SSSR count). The second-order valence-corrected chi connectivity index (χ2v) is 4.61. The third kappa shape index (κ3) is 3.75. The number of aliphatic carboxylic acids is 1. The van der Waals surface area contributed by atoms with Crippen molar-refractivity contribution < 1.29 is 9.90 Å². The van der Waals surface area contributed by atoms with E-state index in [9.17, 15) is 4.79 Å². The van der Waals surface area contributed by atoms with Gasteiger partial charge in [-0.3, -0.25) is 4.79 Å². The van der Waals surface area contributed by atoms with E-state index in [4.69, 9.17) is 10.8 Å².